The van der Waals surface area contributed by atoms with Crippen LogP contribution in [0.2, 0.25) is 0 Å². The number of rotatable bonds is 7. The van der Waals surface area contributed by atoms with Gasteiger partial charge in [0.2, 0.25) is 5.91 Å². The van der Waals surface area contributed by atoms with E-state index in [1.807, 2.05) is 6.92 Å². The molecule has 1 saturated carbocycles. The monoisotopic (exact) mass is 284 g/mol. The van der Waals surface area contributed by atoms with Crippen LogP contribution in [0.5, 0.6) is 0 Å². The van der Waals surface area contributed by atoms with Gasteiger partial charge in [0.1, 0.15) is 0 Å². The Morgan fingerprint density at radius 3 is 2.25 bits per heavy atom. The molecule has 0 aliphatic heterocycles. The van der Waals surface area contributed by atoms with E-state index in [9.17, 15) is 9.59 Å². The van der Waals surface area contributed by atoms with Gasteiger partial charge in [0.05, 0.1) is 12.0 Å². The van der Waals surface area contributed by atoms with Crippen molar-refractivity contribution < 1.29 is 14.7 Å². The summed E-state index contributed by atoms with van der Waals surface area (Å²) < 4.78 is 0. The first-order valence-electron chi connectivity index (χ1n) is 7.64. The number of carbonyl (C=O) groups is 2. The third-order valence-electron chi connectivity index (χ3n) is 3.99. The molecule has 0 bridgehead atoms. The quantitative estimate of drug-likeness (QED) is 0.664. The molecule has 0 saturated heterocycles. The van der Waals surface area contributed by atoms with Gasteiger partial charge in [-0.25, -0.2) is 0 Å². The van der Waals surface area contributed by atoms with Crippen molar-refractivity contribution in [3.05, 3.63) is 0 Å². The Kier molecular flexibility index (Phi) is 6.99. The summed E-state index contributed by atoms with van der Waals surface area (Å²) in [6, 6.07) is -0.189. The molecule has 116 valence electrons. The maximum atomic E-state index is 11.8. The lowest BCUT2D eigenvalue weighted by molar-refractivity contribution is -0.143. The Labute approximate surface area is 121 Å². The fraction of sp³-hybridized carbons (Fsp3) is 0.867. The molecule has 1 amide bonds. The second-order valence-electron chi connectivity index (χ2n) is 6.32. The number of nitrogens with one attached hydrogen (secondary N) is 2. The van der Waals surface area contributed by atoms with Crippen molar-refractivity contribution in [2.45, 2.75) is 52.5 Å². The summed E-state index contributed by atoms with van der Waals surface area (Å²) >= 11 is 0. The number of carboxylic acid groups (broad SMARTS) is 1. The van der Waals surface area contributed by atoms with E-state index >= 15 is 0 Å². The SMILES string of the molecule is CC(C)CNC(=O)C(C)NCC1CCC(C(=O)O)CC1. The van der Waals surface area contributed by atoms with E-state index in [0.29, 0.717) is 18.4 Å². The molecule has 1 rings (SSSR count). The normalized spacial score (nSPS) is 24.4. The van der Waals surface area contributed by atoms with Crippen LogP contribution in [0, 0.1) is 17.8 Å². The third kappa shape index (κ3) is 5.90. The number of amides is 1. The molecule has 0 heterocycles. The number of carboxylic acids is 1. The zero-order chi connectivity index (χ0) is 15.1. The van der Waals surface area contributed by atoms with E-state index in [2.05, 4.69) is 24.5 Å². The first-order chi connectivity index (χ1) is 9.40. The van der Waals surface area contributed by atoms with Gasteiger partial charge in [-0.3, -0.25) is 9.59 Å². The molecule has 0 aromatic rings. The molecule has 1 aliphatic carbocycles. The van der Waals surface area contributed by atoms with Gasteiger partial charge < -0.3 is 15.7 Å². The summed E-state index contributed by atoms with van der Waals surface area (Å²) in [5, 5.41) is 15.1. The molecule has 5 heteroatoms. The number of carbonyl (C=O) groups excluding carboxylic acids is 1. The molecular weight excluding hydrogens is 256 g/mol. The van der Waals surface area contributed by atoms with Crippen LogP contribution in [-0.4, -0.2) is 36.1 Å². The van der Waals surface area contributed by atoms with E-state index in [0.717, 1.165) is 32.2 Å². The molecule has 1 aliphatic rings. The lowest BCUT2D eigenvalue weighted by Gasteiger charge is -2.27. The summed E-state index contributed by atoms with van der Waals surface area (Å²) in [6.07, 6.45) is 3.39. The van der Waals surface area contributed by atoms with Gasteiger partial charge in [0, 0.05) is 6.54 Å². The van der Waals surface area contributed by atoms with E-state index < -0.39 is 5.97 Å². The zero-order valence-corrected chi connectivity index (χ0v) is 12.8. The minimum absolute atomic E-state index is 0.0397. The minimum Gasteiger partial charge on any atom is -0.481 e. The summed E-state index contributed by atoms with van der Waals surface area (Å²) in [4.78, 5) is 22.7. The Hall–Kier alpha value is -1.10. The Morgan fingerprint density at radius 2 is 1.75 bits per heavy atom. The molecule has 0 radical (unpaired) electrons. The summed E-state index contributed by atoms with van der Waals surface area (Å²) in [7, 11) is 0. The topological polar surface area (TPSA) is 78.4 Å². The minimum atomic E-state index is -0.669. The van der Waals surface area contributed by atoms with Gasteiger partial charge in [-0.1, -0.05) is 13.8 Å². The molecule has 3 N–H and O–H groups in total. The Bertz CT molecular complexity index is 323. The van der Waals surface area contributed by atoms with Crippen LogP contribution in [0.15, 0.2) is 0 Å². The van der Waals surface area contributed by atoms with Crippen LogP contribution in [0.3, 0.4) is 0 Å². The standard InChI is InChI=1S/C15H28N2O3/c1-10(2)8-17-14(18)11(3)16-9-12-4-6-13(7-5-12)15(19)20/h10-13,16H,4-9H2,1-3H3,(H,17,18)(H,19,20). The fourth-order valence-corrected chi connectivity index (χ4v) is 2.51. The van der Waals surface area contributed by atoms with Gasteiger partial charge in [-0.05, 0) is 51.0 Å². The fourth-order valence-electron chi connectivity index (χ4n) is 2.51. The highest BCUT2D eigenvalue weighted by atomic mass is 16.4. The van der Waals surface area contributed by atoms with Gasteiger partial charge in [-0.15, -0.1) is 0 Å². The molecule has 5 nitrogen and oxygen atoms in total. The van der Waals surface area contributed by atoms with Gasteiger partial charge in [0.25, 0.3) is 0 Å². The van der Waals surface area contributed by atoms with Crippen molar-refractivity contribution in [2.75, 3.05) is 13.1 Å². The number of aliphatic carboxylic acids is 1. The van der Waals surface area contributed by atoms with Crippen LogP contribution in [-0.2, 0) is 9.59 Å². The number of hydrogen-bond donors (Lipinski definition) is 3. The maximum absolute atomic E-state index is 11.8. The van der Waals surface area contributed by atoms with Crippen molar-refractivity contribution in [3.63, 3.8) is 0 Å². The Morgan fingerprint density at radius 1 is 1.15 bits per heavy atom. The summed E-state index contributed by atoms with van der Waals surface area (Å²) in [5.41, 5.74) is 0. The molecule has 20 heavy (non-hydrogen) atoms. The maximum Gasteiger partial charge on any atom is 0.306 e. The highest BCUT2D eigenvalue weighted by Crippen LogP contribution is 2.28. The predicted molar refractivity (Wildman–Crippen MR) is 78.4 cm³/mol. The second kappa shape index (κ2) is 8.25. The van der Waals surface area contributed by atoms with Crippen molar-refractivity contribution in [1.29, 1.82) is 0 Å². The molecule has 0 aromatic heterocycles. The third-order valence-corrected chi connectivity index (χ3v) is 3.99. The molecule has 1 fully saturated rings. The Balaban J connectivity index is 2.20. The van der Waals surface area contributed by atoms with Crippen molar-refractivity contribution >= 4 is 11.9 Å². The van der Waals surface area contributed by atoms with Crippen LogP contribution in [0.25, 0.3) is 0 Å². The first-order valence-corrected chi connectivity index (χ1v) is 7.64. The second-order valence-corrected chi connectivity index (χ2v) is 6.32. The number of hydrogen-bond acceptors (Lipinski definition) is 3. The largest absolute Gasteiger partial charge is 0.481 e. The van der Waals surface area contributed by atoms with E-state index in [4.69, 9.17) is 5.11 Å². The summed E-state index contributed by atoms with van der Waals surface area (Å²) in [5.74, 6) is 0.150. The summed E-state index contributed by atoms with van der Waals surface area (Å²) in [6.45, 7) is 7.51. The van der Waals surface area contributed by atoms with Gasteiger partial charge in [-0.2, -0.15) is 0 Å². The highest BCUT2D eigenvalue weighted by Gasteiger charge is 2.26. The van der Waals surface area contributed by atoms with Gasteiger partial charge in [0.15, 0.2) is 0 Å². The van der Waals surface area contributed by atoms with Crippen LogP contribution in [0.1, 0.15) is 46.5 Å². The highest BCUT2D eigenvalue weighted by molar-refractivity contribution is 5.81. The molecule has 0 spiro atoms. The first kappa shape index (κ1) is 17.0. The van der Waals surface area contributed by atoms with E-state index in [-0.39, 0.29) is 17.9 Å². The van der Waals surface area contributed by atoms with Crippen molar-refractivity contribution in [3.8, 4) is 0 Å². The molecular formula is C15H28N2O3. The van der Waals surface area contributed by atoms with Gasteiger partial charge >= 0.3 is 5.97 Å². The van der Waals surface area contributed by atoms with Crippen LogP contribution in [0.4, 0.5) is 0 Å². The smallest absolute Gasteiger partial charge is 0.306 e. The molecule has 0 aromatic carbocycles. The lowest BCUT2D eigenvalue weighted by atomic mass is 9.82. The van der Waals surface area contributed by atoms with E-state index in [1.165, 1.54) is 0 Å². The van der Waals surface area contributed by atoms with Crippen molar-refractivity contribution in [2.24, 2.45) is 17.8 Å². The van der Waals surface area contributed by atoms with Crippen LogP contribution < -0.4 is 10.6 Å². The van der Waals surface area contributed by atoms with Crippen LogP contribution >= 0.6 is 0 Å². The molecule has 1 atom stereocenters. The van der Waals surface area contributed by atoms with Crippen molar-refractivity contribution in [1.82, 2.24) is 10.6 Å². The predicted octanol–water partition coefficient (Wildman–Crippen LogP) is 1.63. The average Bonchev–Trinajstić information content (AvgIpc) is 2.42. The average molecular weight is 284 g/mol. The zero-order valence-electron chi connectivity index (χ0n) is 12.8. The molecule has 1 unspecified atom stereocenters. The lowest BCUT2D eigenvalue weighted by Crippen LogP contribution is -2.45. The van der Waals surface area contributed by atoms with E-state index in [1.54, 1.807) is 0 Å².